The van der Waals surface area contributed by atoms with Gasteiger partial charge in [-0.2, -0.15) is 13.2 Å². The predicted molar refractivity (Wildman–Crippen MR) is 61.1 cm³/mol. The third-order valence-electron chi connectivity index (χ3n) is 2.31. The number of nitrogens with one attached hydrogen (secondary N) is 2. The smallest absolute Gasteiger partial charge is 0.315 e. The number of aromatic nitrogens is 1. The number of rotatable bonds is 6. The van der Waals surface area contributed by atoms with Gasteiger partial charge < -0.3 is 10.3 Å². The molecule has 0 aliphatic carbocycles. The summed E-state index contributed by atoms with van der Waals surface area (Å²) in [7, 11) is 0. The molecular weight excluding hydrogens is 253 g/mol. The van der Waals surface area contributed by atoms with Crippen LogP contribution in [0.25, 0.3) is 0 Å². The van der Waals surface area contributed by atoms with Gasteiger partial charge in [-0.15, -0.1) is 0 Å². The van der Waals surface area contributed by atoms with Crippen LogP contribution in [0, 0.1) is 0 Å². The Kier molecular flexibility index (Phi) is 5.20. The van der Waals surface area contributed by atoms with Crippen LogP contribution in [-0.4, -0.2) is 17.2 Å². The molecule has 0 spiro atoms. The highest BCUT2D eigenvalue weighted by atomic mass is 32.1. The SMILES string of the molecule is CC(CCCC(F)(F)F)NCc1csc(=O)[nH]1. The zero-order chi connectivity index (χ0) is 12.9. The highest BCUT2D eigenvalue weighted by molar-refractivity contribution is 7.07. The van der Waals surface area contributed by atoms with Crippen molar-refractivity contribution >= 4 is 11.3 Å². The second-order valence-corrected chi connectivity index (χ2v) is 4.80. The van der Waals surface area contributed by atoms with E-state index in [2.05, 4.69) is 10.3 Å². The second kappa shape index (κ2) is 6.20. The van der Waals surface area contributed by atoms with Crippen molar-refractivity contribution in [2.24, 2.45) is 0 Å². The largest absolute Gasteiger partial charge is 0.389 e. The Hall–Kier alpha value is -0.820. The summed E-state index contributed by atoms with van der Waals surface area (Å²) >= 11 is 1.08. The lowest BCUT2D eigenvalue weighted by Gasteiger charge is -2.13. The lowest BCUT2D eigenvalue weighted by molar-refractivity contribution is -0.135. The van der Waals surface area contributed by atoms with Crippen molar-refractivity contribution in [2.45, 2.75) is 44.9 Å². The Balaban J connectivity index is 2.17. The maximum atomic E-state index is 11.9. The quantitative estimate of drug-likeness (QED) is 0.833. The monoisotopic (exact) mass is 268 g/mol. The first-order valence-corrected chi connectivity index (χ1v) is 6.21. The summed E-state index contributed by atoms with van der Waals surface area (Å²) in [6.45, 7) is 2.31. The Morgan fingerprint density at radius 3 is 2.76 bits per heavy atom. The van der Waals surface area contributed by atoms with Gasteiger partial charge in [0.15, 0.2) is 0 Å². The number of H-pyrrole nitrogens is 1. The Morgan fingerprint density at radius 1 is 1.53 bits per heavy atom. The van der Waals surface area contributed by atoms with Crippen LogP contribution >= 0.6 is 11.3 Å². The van der Waals surface area contributed by atoms with E-state index in [0.29, 0.717) is 13.0 Å². The maximum Gasteiger partial charge on any atom is 0.389 e. The van der Waals surface area contributed by atoms with E-state index in [4.69, 9.17) is 0 Å². The van der Waals surface area contributed by atoms with Crippen molar-refractivity contribution < 1.29 is 13.2 Å². The molecule has 1 aromatic heterocycles. The van der Waals surface area contributed by atoms with Crippen molar-refractivity contribution in [3.63, 3.8) is 0 Å². The van der Waals surface area contributed by atoms with Crippen molar-refractivity contribution in [1.29, 1.82) is 0 Å². The number of hydrogen-bond acceptors (Lipinski definition) is 3. The number of hydrogen-bond donors (Lipinski definition) is 2. The first-order valence-electron chi connectivity index (χ1n) is 5.33. The molecule has 1 aromatic rings. The lowest BCUT2D eigenvalue weighted by Crippen LogP contribution is -2.26. The fourth-order valence-electron chi connectivity index (χ4n) is 1.40. The second-order valence-electron chi connectivity index (χ2n) is 3.96. The standard InChI is InChI=1S/C10H15F3N2OS/c1-7(3-2-4-10(11,12)13)14-5-8-6-17-9(16)15-8/h6-7,14H,2-5H2,1H3,(H,15,16). The molecular formula is C10H15F3N2OS. The van der Waals surface area contributed by atoms with E-state index in [0.717, 1.165) is 17.0 Å². The van der Waals surface area contributed by atoms with Crippen LogP contribution in [0.1, 0.15) is 31.9 Å². The van der Waals surface area contributed by atoms with Crippen LogP contribution < -0.4 is 10.2 Å². The zero-order valence-electron chi connectivity index (χ0n) is 9.43. The van der Waals surface area contributed by atoms with Gasteiger partial charge in [-0.3, -0.25) is 4.79 Å². The summed E-state index contributed by atoms with van der Waals surface area (Å²) in [4.78, 5) is 13.3. The van der Waals surface area contributed by atoms with Gasteiger partial charge in [-0.25, -0.2) is 0 Å². The third kappa shape index (κ3) is 6.48. The molecule has 0 saturated heterocycles. The van der Waals surface area contributed by atoms with Gasteiger partial charge in [0.25, 0.3) is 0 Å². The molecule has 0 fully saturated rings. The molecule has 0 radical (unpaired) electrons. The molecule has 0 aliphatic heterocycles. The van der Waals surface area contributed by atoms with Crippen molar-refractivity contribution in [3.05, 3.63) is 20.7 Å². The number of halogens is 3. The van der Waals surface area contributed by atoms with Crippen LogP contribution in [0.15, 0.2) is 10.2 Å². The molecule has 1 heterocycles. The number of alkyl halides is 3. The molecule has 7 heteroatoms. The van der Waals surface area contributed by atoms with E-state index in [-0.39, 0.29) is 17.3 Å². The first kappa shape index (κ1) is 14.2. The molecule has 0 bridgehead atoms. The molecule has 0 aliphatic rings. The van der Waals surface area contributed by atoms with Gasteiger partial charge in [0.2, 0.25) is 0 Å². The molecule has 98 valence electrons. The molecule has 1 atom stereocenters. The summed E-state index contributed by atoms with van der Waals surface area (Å²) in [5.74, 6) is 0. The number of thiazole rings is 1. The summed E-state index contributed by atoms with van der Waals surface area (Å²) in [6.07, 6.45) is -4.22. The summed E-state index contributed by atoms with van der Waals surface area (Å²) in [6, 6.07) is 0.000696. The number of aromatic amines is 1. The molecule has 0 amide bonds. The zero-order valence-corrected chi connectivity index (χ0v) is 10.3. The normalized spacial score (nSPS) is 13.9. The van der Waals surface area contributed by atoms with E-state index in [9.17, 15) is 18.0 Å². The fourth-order valence-corrected chi connectivity index (χ4v) is 1.98. The summed E-state index contributed by atoms with van der Waals surface area (Å²) in [5, 5.41) is 4.77. The Labute approximate surface area is 101 Å². The van der Waals surface area contributed by atoms with Gasteiger partial charge in [-0.05, 0) is 19.8 Å². The average Bonchev–Trinajstić information content (AvgIpc) is 2.59. The highest BCUT2D eigenvalue weighted by Crippen LogP contribution is 2.22. The Morgan fingerprint density at radius 2 is 2.24 bits per heavy atom. The van der Waals surface area contributed by atoms with Crippen molar-refractivity contribution in [1.82, 2.24) is 10.3 Å². The van der Waals surface area contributed by atoms with Gasteiger partial charge in [0.05, 0.1) is 0 Å². The third-order valence-corrected chi connectivity index (χ3v) is 3.03. The van der Waals surface area contributed by atoms with Crippen molar-refractivity contribution in [3.8, 4) is 0 Å². The van der Waals surface area contributed by atoms with Gasteiger partial charge in [0, 0.05) is 30.1 Å². The molecule has 3 nitrogen and oxygen atoms in total. The summed E-state index contributed by atoms with van der Waals surface area (Å²) < 4.78 is 35.7. The maximum absolute atomic E-state index is 11.9. The van der Waals surface area contributed by atoms with E-state index in [1.54, 1.807) is 5.38 Å². The minimum Gasteiger partial charge on any atom is -0.315 e. The van der Waals surface area contributed by atoms with Crippen LogP contribution in [0.2, 0.25) is 0 Å². The van der Waals surface area contributed by atoms with E-state index >= 15 is 0 Å². The summed E-state index contributed by atoms with van der Waals surface area (Å²) in [5.41, 5.74) is 0.766. The van der Waals surface area contributed by atoms with Gasteiger partial charge in [0.1, 0.15) is 0 Å². The predicted octanol–water partition coefficient (Wildman–Crippen LogP) is 2.65. The van der Waals surface area contributed by atoms with Crippen LogP contribution in [0.5, 0.6) is 0 Å². The first-order chi connectivity index (χ1) is 7.87. The van der Waals surface area contributed by atoms with Crippen LogP contribution in [-0.2, 0) is 6.54 Å². The fraction of sp³-hybridized carbons (Fsp3) is 0.700. The molecule has 17 heavy (non-hydrogen) atoms. The molecule has 0 aromatic carbocycles. The lowest BCUT2D eigenvalue weighted by atomic mass is 10.1. The Bertz CT molecular complexity index is 385. The minimum absolute atomic E-state index is 0.000696. The minimum atomic E-state index is -4.07. The molecule has 1 rings (SSSR count). The molecule has 1 unspecified atom stereocenters. The topological polar surface area (TPSA) is 44.9 Å². The van der Waals surface area contributed by atoms with E-state index in [1.165, 1.54) is 0 Å². The molecule has 2 N–H and O–H groups in total. The van der Waals surface area contributed by atoms with E-state index < -0.39 is 12.6 Å². The van der Waals surface area contributed by atoms with Crippen LogP contribution in [0.4, 0.5) is 13.2 Å². The highest BCUT2D eigenvalue weighted by Gasteiger charge is 2.26. The van der Waals surface area contributed by atoms with E-state index in [1.807, 2.05) is 6.92 Å². The van der Waals surface area contributed by atoms with Crippen LogP contribution in [0.3, 0.4) is 0 Å². The van der Waals surface area contributed by atoms with Crippen molar-refractivity contribution in [2.75, 3.05) is 0 Å². The van der Waals surface area contributed by atoms with Gasteiger partial charge >= 0.3 is 11.0 Å². The van der Waals surface area contributed by atoms with Gasteiger partial charge in [-0.1, -0.05) is 11.3 Å². The molecule has 0 saturated carbocycles. The average molecular weight is 268 g/mol.